The molecule has 2 N–H and O–H groups in total. The first kappa shape index (κ1) is 23.0. The highest BCUT2D eigenvalue weighted by Gasteiger charge is 2.27. The molecule has 0 amide bonds. The minimum atomic E-state index is -0.446. The van der Waals surface area contributed by atoms with E-state index >= 15 is 0 Å². The zero-order chi connectivity index (χ0) is 23.6. The fraction of sp³-hybridized carbons (Fsp3) is 0.462. The zero-order valence-corrected chi connectivity index (χ0v) is 19.8. The van der Waals surface area contributed by atoms with Gasteiger partial charge in [-0.15, -0.1) is 0 Å². The van der Waals surface area contributed by atoms with Crippen molar-refractivity contribution in [2.75, 3.05) is 5.32 Å². The molecule has 0 aliphatic heterocycles. The summed E-state index contributed by atoms with van der Waals surface area (Å²) < 4.78 is 5.48. The Kier molecular flexibility index (Phi) is 6.49. The summed E-state index contributed by atoms with van der Waals surface area (Å²) in [5.41, 5.74) is 2.38. The van der Waals surface area contributed by atoms with Crippen LogP contribution < -0.4 is 5.32 Å². The van der Waals surface area contributed by atoms with Crippen LogP contribution in [0.15, 0.2) is 36.8 Å². The number of hydrogen-bond acceptors (Lipinski definition) is 6. The Morgan fingerprint density at radius 2 is 1.82 bits per heavy atom. The molecule has 7 heteroatoms. The number of H-pyrrole nitrogens is 1. The number of aromatic amines is 1. The number of aryl methyl sites for hydroxylation is 1. The topological polar surface area (TPSA) is 97.0 Å². The van der Waals surface area contributed by atoms with E-state index in [-0.39, 0.29) is 17.8 Å². The number of rotatable bonds is 6. The Bertz CT molecular complexity index is 1150. The van der Waals surface area contributed by atoms with Crippen molar-refractivity contribution >= 4 is 28.6 Å². The standard InChI is InChI=1S/C26H32N4O3/c1-16-7-5-6-8-19(16)23(32)20-14-27-24-22(20)25(29-15-28-24)30-18-11-9-17(10-12-18)13-21(31)33-26(2,3)4/h5-8,14-15,17-18H,9-13H2,1-4H3,(H2,27,28,29,30). The van der Waals surface area contributed by atoms with Crippen molar-refractivity contribution in [2.24, 2.45) is 5.92 Å². The fourth-order valence-corrected chi connectivity index (χ4v) is 4.55. The molecule has 7 nitrogen and oxygen atoms in total. The van der Waals surface area contributed by atoms with Gasteiger partial charge in [0.25, 0.3) is 0 Å². The van der Waals surface area contributed by atoms with E-state index < -0.39 is 5.60 Å². The van der Waals surface area contributed by atoms with Gasteiger partial charge in [0.05, 0.1) is 10.9 Å². The number of benzene rings is 1. The van der Waals surface area contributed by atoms with E-state index in [0.29, 0.717) is 34.9 Å². The maximum absolute atomic E-state index is 13.3. The number of nitrogens with zero attached hydrogens (tertiary/aromatic N) is 2. The average Bonchev–Trinajstić information content (AvgIpc) is 3.19. The summed E-state index contributed by atoms with van der Waals surface area (Å²) in [5, 5.41) is 4.27. The van der Waals surface area contributed by atoms with Gasteiger partial charge in [0, 0.05) is 24.2 Å². The van der Waals surface area contributed by atoms with E-state index in [1.165, 1.54) is 6.33 Å². The van der Waals surface area contributed by atoms with Crippen LogP contribution in [0.1, 0.15) is 74.4 Å². The van der Waals surface area contributed by atoms with Crippen molar-refractivity contribution in [3.05, 3.63) is 53.5 Å². The number of hydrogen-bond donors (Lipinski definition) is 2. The quantitative estimate of drug-likeness (QED) is 0.397. The molecule has 0 radical (unpaired) electrons. The van der Waals surface area contributed by atoms with Gasteiger partial charge in [-0.25, -0.2) is 9.97 Å². The fourth-order valence-electron chi connectivity index (χ4n) is 4.55. The third-order valence-corrected chi connectivity index (χ3v) is 6.17. The molecule has 1 fully saturated rings. The number of nitrogens with one attached hydrogen (secondary N) is 2. The highest BCUT2D eigenvalue weighted by molar-refractivity contribution is 6.18. The van der Waals surface area contributed by atoms with Crippen LogP contribution in [0.5, 0.6) is 0 Å². The van der Waals surface area contributed by atoms with Gasteiger partial charge in [0.1, 0.15) is 23.4 Å². The molecule has 0 bridgehead atoms. The first-order valence-electron chi connectivity index (χ1n) is 11.6. The van der Waals surface area contributed by atoms with E-state index in [0.717, 1.165) is 36.6 Å². The molecule has 0 saturated heterocycles. The Morgan fingerprint density at radius 1 is 1.09 bits per heavy atom. The molecule has 0 spiro atoms. The number of ketones is 1. The van der Waals surface area contributed by atoms with Gasteiger partial charge in [-0.3, -0.25) is 9.59 Å². The van der Waals surface area contributed by atoms with Crippen molar-refractivity contribution in [2.45, 2.75) is 71.4 Å². The second-order valence-electron chi connectivity index (χ2n) is 9.94. The molecule has 0 atom stereocenters. The summed E-state index contributed by atoms with van der Waals surface area (Å²) in [4.78, 5) is 37.4. The summed E-state index contributed by atoms with van der Waals surface area (Å²) in [6, 6.07) is 7.82. The van der Waals surface area contributed by atoms with Gasteiger partial charge in [-0.1, -0.05) is 24.3 Å². The molecule has 2 heterocycles. The number of carbonyl (C=O) groups is 2. The largest absolute Gasteiger partial charge is 0.460 e. The molecule has 2 aromatic heterocycles. The van der Waals surface area contributed by atoms with Gasteiger partial charge >= 0.3 is 5.97 Å². The van der Waals surface area contributed by atoms with Crippen molar-refractivity contribution in [1.82, 2.24) is 15.0 Å². The zero-order valence-electron chi connectivity index (χ0n) is 19.8. The first-order valence-corrected chi connectivity index (χ1v) is 11.6. The van der Waals surface area contributed by atoms with Crippen LogP contribution >= 0.6 is 0 Å². The lowest BCUT2D eigenvalue weighted by molar-refractivity contribution is -0.156. The molecular weight excluding hydrogens is 416 g/mol. The van der Waals surface area contributed by atoms with Crippen LogP contribution in [-0.4, -0.2) is 38.3 Å². The number of carbonyl (C=O) groups excluding carboxylic acids is 2. The minimum Gasteiger partial charge on any atom is -0.460 e. The van der Waals surface area contributed by atoms with E-state index in [1.807, 2.05) is 52.0 Å². The molecule has 1 aromatic carbocycles. The van der Waals surface area contributed by atoms with Crippen LogP contribution in [0, 0.1) is 12.8 Å². The Labute approximate surface area is 194 Å². The normalized spacial score (nSPS) is 18.8. The third kappa shape index (κ3) is 5.41. The lowest BCUT2D eigenvalue weighted by Gasteiger charge is -2.30. The maximum atomic E-state index is 13.3. The number of anilines is 1. The van der Waals surface area contributed by atoms with Gasteiger partial charge in [-0.05, 0) is 64.9 Å². The van der Waals surface area contributed by atoms with Crippen LogP contribution in [0.4, 0.5) is 5.82 Å². The second-order valence-corrected chi connectivity index (χ2v) is 9.94. The van der Waals surface area contributed by atoms with Crippen LogP contribution in [0.2, 0.25) is 0 Å². The van der Waals surface area contributed by atoms with Crippen molar-refractivity contribution in [3.8, 4) is 0 Å². The molecule has 1 saturated carbocycles. The lowest BCUT2D eigenvalue weighted by Crippen LogP contribution is -2.29. The second kappa shape index (κ2) is 9.33. The number of esters is 1. The smallest absolute Gasteiger partial charge is 0.306 e. The number of aromatic nitrogens is 3. The van der Waals surface area contributed by atoms with Gasteiger partial charge < -0.3 is 15.0 Å². The van der Waals surface area contributed by atoms with Crippen molar-refractivity contribution in [1.29, 1.82) is 0 Å². The molecule has 3 aromatic rings. The highest BCUT2D eigenvalue weighted by Crippen LogP contribution is 2.32. The SMILES string of the molecule is Cc1ccccc1C(=O)c1c[nH]c2ncnc(NC3CCC(CC(=O)OC(C)(C)C)CC3)c12. The third-order valence-electron chi connectivity index (χ3n) is 6.17. The van der Waals surface area contributed by atoms with Crippen molar-refractivity contribution < 1.29 is 14.3 Å². The Morgan fingerprint density at radius 3 is 2.52 bits per heavy atom. The summed E-state index contributed by atoms with van der Waals surface area (Å²) in [6.45, 7) is 7.63. The molecule has 0 unspecified atom stereocenters. The lowest BCUT2D eigenvalue weighted by atomic mass is 9.84. The maximum Gasteiger partial charge on any atom is 0.306 e. The number of fused-ring (bicyclic) bond motifs is 1. The van der Waals surface area contributed by atoms with E-state index in [2.05, 4.69) is 20.3 Å². The predicted molar refractivity (Wildman–Crippen MR) is 128 cm³/mol. The van der Waals surface area contributed by atoms with Gasteiger partial charge in [0.2, 0.25) is 0 Å². The van der Waals surface area contributed by atoms with E-state index in [4.69, 9.17) is 4.74 Å². The first-order chi connectivity index (χ1) is 15.7. The molecular formula is C26H32N4O3. The molecule has 1 aliphatic carbocycles. The highest BCUT2D eigenvalue weighted by atomic mass is 16.6. The Hall–Kier alpha value is -3.22. The van der Waals surface area contributed by atoms with Gasteiger partial charge in [-0.2, -0.15) is 0 Å². The molecule has 1 aliphatic rings. The molecule has 33 heavy (non-hydrogen) atoms. The van der Waals surface area contributed by atoms with Crippen LogP contribution in [0.3, 0.4) is 0 Å². The average molecular weight is 449 g/mol. The summed E-state index contributed by atoms with van der Waals surface area (Å²) >= 11 is 0. The predicted octanol–water partition coefficient (Wildman–Crippen LogP) is 5.20. The van der Waals surface area contributed by atoms with Crippen molar-refractivity contribution in [3.63, 3.8) is 0 Å². The van der Waals surface area contributed by atoms with Crippen LogP contribution in [-0.2, 0) is 9.53 Å². The summed E-state index contributed by atoms with van der Waals surface area (Å²) in [7, 11) is 0. The van der Waals surface area contributed by atoms with Crippen LogP contribution in [0.25, 0.3) is 11.0 Å². The van der Waals surface area contributed by atoms with Gasteiger partial charge in [0.15, 0.2) is 5.78 Å². The monoisotopic (exact) mass is 448 g/mol. The summed E-state index contributed by atoms with van der Waals surface area (Å²) in [6.07, 6.45) is 7.47. The number of ether oxygens (including phenoxy) is 1. The van der Waals surface area contributed by atoms with E-state index in [1.54, 1.807) is 6.20 Å². The van der Waals surface area contributed by atoms with E-state index in [9.17, 15) is 9.59 Å². The molecule has 174 valence electrons. The molecule has 4 rings (SSSR count). The minimum absolute atomic E-state index is 0.0433. The summed E-state index contributed by atoms with van der Waals surface area (Å²) in [5.74, 6) is 0.851. The Balaban J connectivity index is 1.46.